The molecular weight excluding hydrogens is 475 g/mol. The highest BCUT2D eigenvalue weighted by Crippen LogP contribution is 2.32. The molecule has 0 spiro atoms. The first-order valence-electron chi connectivity index (χ1n) is 11.3. The highest BCUT2D eigenvalue weighted by Gasteiger charge is 2.30. The van der Waals surface area contributed by atoms with Crippen molar-refractivity contribution in [1.29, 1.82) is 0 Å². The molecule has 0 bridgehead atoms. The van der Waals surface area contributed by atoms with Crippen LogP contribution >= 0.6 is 11.9 Å². The first-order valence-corrected chi connectivity index (χ1v) is 12.1. The summed E-state index contributed by atoms with van der Waals surface area (Å²) in [5, 5.41) is 8.85. The Morgan fingerprint density at radius 3 is 2.43 bits per heavy atom. The normalized spacial score (nSPS) is 16.8. The van der Waals surface area contributed by atoms with Gasteiger partial charge in [-0.1, -0.05) is 18.2 Å². The van der Waals surface area contributed by atoms with Crippen LogP contribution in [0.2, 0.25) is 0 Å². The standard InChI is InChI=1S/C25H24F3N5OS/c26-25(27,28)19-4-8-23(29-15-19)31-20-9-11-33(12-10-20)35-21-5-1-16(2-6-21)17-3-7-22-18(13-17)14-30-24(34)32-22/h1-8,13,15,20H,9-12,14H2,(H,29,31)(H2,30,32,34). The predicted octanol–water partition coefficient (Wildman–Crippen LogP) is 5.99. The molecule has 2 amide bonds. The van der Waals surface area contributed by atoms with E-state index in [0.717, 1.165) is 65.5 Å². The van der Waals surface area contributed by atoms with Crippen molar-refractivity contribution in [3.63, 3.8) is 0 Å². The number of fused-ring (bicyclic) bond motifs is 1. The fourth-order valence-electron chi connectivity index (χ4n) is 4.19. The van der Waals surface area contributed by atoms with Crippen LogP contribution in [0, 0.1) is 0 Å². The average Bonchev–Trinajstić information content (AvgIpc) is 2.85. The number of amides is 2. The lowest BCUT2D eigenvalue weighted by Gasteiger charge is -2.31. The van der Waals surface area contributed by atoms with E-state index in [1.807, 2.05) is 12.1 Å². The van der Waals surface area contributed by atoms with E-state index < -0.39 is 11.7 Å². The topological polar surface area (TPSA) is 69.3 Å². The molecule has 2 aliphatic rings. The van der Waals surface area contributed by atoms with Gasteiger partial charge in [-0.25, -0.2) is 14.1 Å². The second kappa shape index (κ2) is 9.79. The average molecular weight is 500 g/mol. The summed E-state index contributed by atoms with van der Waals surface area (Å²) in [5.74, 6) is 0.472. The molecule has 3 aromatic rings. The van der Waals surface area contributed by atoms with Crippen molar-refractivity contribution in [3.8, 4) is 11.1 Å². The van der Waals surface area contributed by atoms with E-state index in [-0.39, 0.29) is 12.1 Å². The molecule has 3 heterocycles. The van der Waals surface area contributed by atoms with Crippen molar-refractivity contribution in [2.24, 2.45) is 0 Å². The molecule has 182 valence electrons. The van der Waals surface area contributed by atoms with Crippen LogP contribution in [0.1, 0.15) is 24.0 Å². The molecule has 5 rings (SSSR count). The summed E-state index contributed by atoms with van der Waals surface area (Å²) in [5.41, 5.74) is 3.38. The van der Waals surface area contributed by atoms with Crippen molar-refractivity contribution < 1.29 is 18.0 Å². The van der Waals surface area contributed by atoms with Crippen LogP contribution in [0.15, 0.2) is 65.7 Å². The Balaban J connectivity index is 1.13. The Kier molecular flexibility index (Phi) is 6.57. The number of carbonyl (C=O) groups is 1. The number of rotatable bonds is 5. The summed E-state index contributed by atoms with van der Waals surface area (Å²) >= 11 is 1.71. The zero-order valence-corrected chi connectivity index (χ0v) is 19.5. The third kappa shape index (κ3) is 5.71. The van der Waals surface area contributed by atoms with Gasteiger partial charge in [0.1, 0.15) is 5.82 Å². The largest absolute Gasteiger partial charge is 0.417 e. The number of pyridine rings is 1. The van der Waals surface area contributed by atoms with Gasteiger partial charge in [-0.2, -0.15) is 13.2 Å². The SMILES string of the molecule is O=C1NCc2cc(-c3ccc(SN4CCC(Nc5ccc(C(F)(F)F)cn5)CC4)cc3)ccc2N1. The van der Waals surface area contributed by atoms with E-state index in [1.165, 1.54) is 6.07 Å². The van der Waals surface area contributed by atoms with Crippen LogP contribution in [0.5, 0.6) is 0 Å². The fourth-order valence-corrected chi connectivity index (χ4v) is 5.14. The van der Waals surface area contributed by atoms with E-state index in [4.69, 9.17) is 0 Å². The zero-order valence-electron chi connectivity index (χ0n) is 18.7. The van der Waals surface area contributed by atoms with Crippen molar-refractivity contribution in [2.45, 2.75) is 36.5 Å². The van der Waals surface area contributed by atoms with E-state index >= 15 is 0 Å². The fraction of sp³-hybridized carbons (Fsp3) is 0.280. The molecule has 35 heavy (non-hydrogen) atoms. The number of anilines is 2. The third-order valence-electron chi connectivity index (χ3n) is 6.11. The molecule has 2 aromatic carbocycles. The van der Waals surface area contributed by atoms with Gasteiger partial charge in [0.15, 0.2) is 0 Å². The molecule has 6 nitrogen and oxygen atoms in total. The van der Waals surface area contributed by atoms with Crippen LogP contribution in [0.3, 0.4) is 0 Å². The maximum absolute atomic E-state index is 12.7. The second-order valence-electron chi connectivity index (χ2n) is 8.57. The smallest absolute Gasteiger partial charge is 0.367 e. The summed E-state index contributed by atoms with van der Waals surface area (Å²) in [6.07, 6.45) is -1.74. The summed E-state index contributed by atoms with van der Waals surface area (Å²) < 4.78 is 40.4. The van der Waals surface area contributed by atoms with Gasteiger partial charge < -0.3 is 16.0 Å². The molecule has 0 aliphatic carbocycles. The number of benzene rings is 2. The number of carbonyl (C=O) groups excluding carboxylic acids is 1. The minimum atomic E-state index is -4.37. The van der Waals surface area contributed by atoms with Gasteiger partial charge in [0.2, 0.25) is 0 Å². The molecule has 0 unspecified atom stereocenters. The Labute approximate surface area is 205 Å². The lowest BCUT2D eigenvalue weighted by atomic mass is 10.0. The summed E-state index contributed by atoms with van der Waals surface area (Å²) in [6, 6.07) is 16.9. The Morgan fingerprint density at radius 1 is 1.00 bits per heavy atom. The van der Waals surface area contributed by atoms with Gasteiger partial charge in [0, 0.05) is 42.5 Å². The van der Waals surface area contributed by atoms with Gasteiger partial charge in [-0.3, -0.25) is 0 Å². The lowest BCUT2D eigenvalue weighted by Crippen LogP contribution is -2.35. The van der Waals surface area contributed by atoms with E-state index in [9.17, 15) is 18.0 Å². The monoisotopic (exact) mass is 499 g/mol. The molecule has 3 N–H and O–H groups in total. The van der Waals surface area contributed by atoms with Crippen molar-refractivity contribution in [2.75, 3.05) is 23.7 Å². The highest BCUT2D eigenvalue weighted by molar-refractivity contribution is 7.97. The van der Waals surface area contributed by atoms with Crippen LogP contribution in [0.25, 0.3) is 11.1 Å². The van der Waals surface area contributed by atoms with Crippen molar-refractivity contribution in [3.05, 3.63) is 71.9 Å². The Hall–Kier alpha value is -3.24. The van der Waals surface area contributed by atoms with Gasteiger partial charge in [0.25, 0.3) is 0 Å². The molecule has 1 fully saturated rings. The number of halogens is 3. The predicted molar refractivity (Wildman–Crippen MR) is 131 cm³/mol. The summed E-state index contributed by atoms with van der Waals surface area (Å²) in [7, 11) is 0. The van der Waals surface area contributed by atoms with Crippen LogP contribution in [-0.2, 0) is 12.7 Å². The number of piperidine rings is 1. The van der Waals surface area contributed by atoms with E-state index in [1.54, 1.807) is 11.9 Å². The Morgan fingerprint density at radius 2 is 1.74 bits per heavy atom. The van der Waals surface area contributed by atoms with Crippen molar-refractivity contribution >= 4 is 29.5 Å². The van der Waals surface area contributed by atoms with Gasteiger partial charge >= 0.3 is 12.2 Å². The summed E-state index contributed by atoms with van der Waals surface area (Å²) in [6.45, 7) is 2.26. The van der Waals surface area contributed by atoms with Crippen LogP contribution in [-0.4, -0.2) is 34.5 Å². The number of nitrogens with zero attached hydrogens (tertiary/aromatic N) is 2. The summed E-state index contributed by atoms with van der Waals surface area (Å²) in [4.78, 5) is 16.5. The van der Waals surface area contributed by atoms with Crippen molar-refractivity contribution in [1.82, 2.24) is 14.6 Å². The van der Waals surface area contributed by atoms with E-state index in [2.05, 4.69) is 55.6 Å². The molecule has 1 aromatic heterocycles. The molecular formula is C25H24F3N5OS. The van der Waals surface area contributed by atoms with Crippen LogP contribution in [0.4, 0.5) is 29.5 Å². The number of hydrogen-bond acceptors (Lipinski definition) is 5. The molecule has 1 saturated heterocycles. The van der Waals surface area contributed by atoms with Gasteiger partial charge in [-0.15, -0.1) is 0 Å². The first kappa shape index (κ1) is 23.5. The minimum Gasteiger partial charge on any atom is -0.367 e. The number of nitrogens with one attached hydrogen (secondary N) is 3. The molecule has 0 atom stereocenters. The zero-order chi connectivity index (χ0) is 24.4. The quantitative estimate of drug-likeness (QED) is 0.377. The number of aromatic nitrogens is 1. The number of hydrogen-bond donors (Lipinski definition) is 3. The highest BCUT2D eigenvalue weighted by atomic mass is 32.2. The van der Waals surface area contributed by atoms with E-state index in [0.29, 0.717) is 12.4 Å². The lowest BCUT2D eigenvalue weighted by molar-refractivity contribution is -0.137. The van der Waals surface area contributed by atoms with Gasteiger partial charge in [-0.05, 0) is 77.9 Å². The Bertz CT molecular complexity index is 1190. The minimum absolute atomic E-state index is 0.178. The molecule has 0 radical (unpaired) electrons. The molecule has 10 heteroatoms. The number of alkyl halides is 3. The molecule has 0 saturated carbocycles. The third-order valence-corrected chi connectivity index (χ3v) is 7.22. The second-order valence-corrected chi connectivity index (χ2v) is 9.74. The maximum Gasteiger partial charge on any atom is 0.417 e. The molecule has 2 aliphatic heterocycles. The van der Waals surface area contributed by atoms with Crippen LogP contribution < -0.4 is 16.0 Å². The van der Waals surface area contributed by atoms with Gasteiger partial charge in [0.05, 0.1) is 5.56 Å². The maximum atomic E-state index is 12.7. The first-order chi connectivity index (χ1) is 16.8. The number of urea groups is 1.